The number of hydrogen-bond acceptors (Lipinski definition) is 6. The lowest BCUT2D eigenvalue weighted by Gasteiger charge is -2.30. The highest BCUT2D eigenvalue weighted by Crippen LogP contribution is 2.28. The van der Waals surface area contributed by atoms with Gasteiger partial charge < -0.3 is 27.2 Å². The van der Waals surface area contributed by atoms with E-state index in [1.807, 2.05) is 25.1 Å². The Bertz CT molecular complexity index is 1330. The van der Waals surface area contributed by atoms with Crippen LogP contribution in [0, 0.1) is 6.92 Å². The van der Waals surface area contributed by atoms with Crippen LogP contribution >= 0.6 is 11.6 Å². The molecule has 1 heterocycles. The minimum Gasteiger partial charge on any atom is -0.480 e. The number of nitrogens with one attached hydrogen (secondary N) is 2. The van der Waals surface area contributed by atoms with Crippen LogP contribution in [0.15, 0.2) is 47.5 Å². The van der Waals surface area contributed by atoms with E-state index in [-0.39, 0.29) is 30.3 Å². The Morgan fingerprint density at radius 1 is 1.14 bits per heavy atom. The number of benzene rings is 2. The van der Waals surface area contributed by atoms with Crippen molar-refractivity contribution < 1.29 is 14.7 Å². The molecule has 0 spiro atoms. The molecular formula is C26H30ClN7O3. The number of nitrogens with two attached hydrogens (primary N) is 2. The summed E-state index contributed by atoms with van der Waals surface area (Å²) in [5.74, 6) is -1.47. The number of aromatic nitrogens is 2. The summed E-state index contributed by atoms with van der Waals surface area (Å²) in [7, 11) is 0. The number of carboxylic acids is 1. The molecule has 194 valence electrons. The number of guanidine groups is 1. The number of fused-ring (bicyclic) bond motifs is 1. The van der Waals surface area contributed by atoms with Crippen molar-refractivity contribution in [2.24, 2.45) is 16.5 Å². The summed E-state index contributed by atoms with van der Waals surface area (Å²) in [4.78, 5) is 38.4. The highest BCUT2D eigenvalue weighted by atomic mass is 35.5. The Labute approximate surface area is 219 Å². The SMILES string of the molecule is Cc1ccc2nc(C(=O)N[C@@H](Cc3ccc(Cl)cc3)C(=O)O)nc(NC3CCCCC3N=C(N)N)c2c1. The van der Waals surface area contributed by atoms with E-state index in [0.29, 0.717) is 16.4 Å². The lowest BCUT2D eigenvalue weighted by atomic mass is 9.90. The van der Waals surface area contributed by atoms with Crippen molar-refractivity contribution in [1.29, 1.82) is 0 Å². The van der Waals surface area contributed by atoms with Crippen LogP contribution in [-0.2, 0) is 11.2 Å². The molecule has 1 aliphatic carbocycles. The fourth-order valence-electron chi connectivity index (χ4n) is 4.53. The van der Waals surface area contributed by atoms with Gasteiger partial charge in [-0.1, -0.05) is 48.2 Å². The van der Waals surface area contributed by atoms with Gasteiger partial charge in [-0.2, -0.15) is 0 Å². The van der Waals surface area contributed by atoms with Crippen LogP contribution in [0.1, 0.15) is 47.4 Å². The molecule has 1 saturated carbocycles. The number of aliphatic imine (C=N–C) groups is 1. The second-order valence-corrected chi connectivity index (χ2v) is 9.70. The van der Waals surface area contributed by atoms with E-state index in [4.69, 9.17) is 23.1 Å². The number of anilines is 1. The summed E-state index contributed by atoms with van der Waals surface area (Å²) in [6.45, 7) is 1.96. The van der Waals surface area contributed by atoms with Crippen LogP contribution in [0.25, 0.3) is 10.9 Å². The van der Waals surface area contributed by atoms with Gasteiger partial charge in [-0.05, 0) is 49.6 Å². The van der Waals surface area contributed by atoms with E-state index >= 15 is 0 Å². The molecule has 10 nitrogen and oxygen atoms in total. The van der Waals surface area contributed by atoms with Crippen molar-refractivity contribution in [3.05, 3.63) is 64.4 Å². The van der Waals surface area contributed by atoms with Crippen molar-refractivity contribution in [2.75, 3.05) is 5.32 Å². The summed E-state index contributed by atoms with van der Waals surface area (Å²) in [6, 6.07) is 11.1. The molecule has 1 aromatic heterocycles. The summed E-state index contributed by atoms with van der Waals surface area (Å²) >= 11 is 5.92. The monoisotopic (exact) mass is 523 g/mol. The van der Waals surface area contributed by atoms with Gasteiger partial charge in [-0.3, -0.25) is 4.79 Å². The summed E-state index contributed by atoms with van der Waals surface area (Å²) in [6.07, 6.45) is 3.77. The smallest absolute Gasteiger partial charge is 0.326 e. The average Bonchev–Trinajstić information content (AvgIpc) is 2.85. The molecule has 3 atom stereocenters. The van der Waals surface area contributed by atoms with Gasteiger partial charge in [0.15, 0.2) is 5.96 Å². The van der Waals surface area contributed by atoms with E-state index in [1.165, 1.54) is 0 Å². The molecule has 1 amide bonds. The van der Waals surface area contributed by atoms with E-state index in [1.54, 1.807) is 24.3 Å². The molecule has 4 rings (SSSR count). The molecule has 2 aromatic carbocycles. The zero-order valence-electron chi connectivity index (χ0n) is 20.4. The largest absolute Gasteiger partial charge is 0.480 e. The van der Waals surface area contributed by atoms with Crippen LogP contribution < -0.4 is 22.1 Å². The topological polar surface area (TPSA) is 169 Å². The molecule has 0 radical (unpaired) electrons. The normalized spacial score (nSPS) is 18.1. The number of rotatable bonds is 8. The predicted molar refractivity (Wildman–Crippen MR) is 144 cm³/mol. The maximum atomic E-state index is 13.2. The third-order valence-electron chi connectivity index (χ3n) is 6.38. The van der Waals surface area contributed by atoms with Gasteiger partial charge in [0.05, 0.1) is 17.6 Å². The van der Waals surface area contributed by atoms with E-state index in [0.717, 1.165) is 42.2 Å². The van der Waals surface area contributed by atoms with Gasteiger partial charge in [0.2, 0.25) is 5.82 Å². The summed E-state index contributed by atoms with van der Waals surface area (Å²) in [5.41, 5.74) is 13.6. The van der Waals surface area contributed by atoms with Crippen molar-refractivity contribution in [3.8, 4) is 0 Å². The van der Waals surface area contributed by atoms with Crippen molar-refractivity contribution in [2.45, 2.75) is 57.2 Å². The number of aliphatic carboxylic acids is 1. The molecule has 3 aromatic rings. The first-order valence-corrected chi connectivity index (χ1v) is 12.5. The standard InChI is InChI=1S/C26H30ClN7O3/c1-14-6-11-18-17(12-14)22(31-19-4-2-3-5-20(19)33-26(28)29)34-23(30-18)24(35)32-21(25(36)37)13-15-7-9-16(27)10-8-15/h6-12,19-21H,2-5,13H2,1H3,(H,32,35)(H,36,37)(H4,28,29,33)(H,30,31,34)/t19?,20?,21-/m0/s1. The molecular weight excluding hydrogens is 494 g/mol. The Hall–Kier alpha value is -3.92. The number of aryl methyl sites for hydroxylation is 1. The highest BCUT2D eigenvalue weighted by molar-refractivity contribution is 6.30. The maximum Gasteiger partial charge on any atom is 0.326 e. The van der Waals surface area contributed by atoms with Crippen LogP contribution in [0.2, 0.25) is 5.02 Å². The molecule has 11 heteroatoms. The second kappa shape index (κ2) is 11.4. The Kier molecular flexibility index (Phi) is 8.08. The lowest BCUT2D eigenvalue weighted by molar-refractivity contribution is -0.139. The molecule has 1 fully saturated rings. The lowest BCUT2D eigenvalue weighted by Crippen LogP contribution is -2.43. The van der Waals surface area contributed by atoms with E-state index < -0.39 is 17.9 Å². The molecule has 0 aliphatic heterocycles. The molecule has 2 unspecified atom stereocenters. The first-order valence-electron chi connectivity index (χ1n) is 12.1. The summed E-state index contributed by atoms with van der Waals surface area (Å²) in [5, 5.41) is 17.0. The molecule has 0 saturated heterocycles. The van der Waals surface area contributed by atoms with Gasteiger partial charge in [0.25, 0.3) is 5.91 Å². The number of carboxylic acid groups (broad SMARTS) is 1. The first kappa shape index (κ1) is 26.2. The van der Waals surface area contributed by atoms with Crippen LogP contribution in [0.4, 0.5) is 5.82 Å². The minimum absolute atomic E-state index is 0.0301. The van der Waals surface area contributed by atoms with Crippen molar-refractivity contribution in [3.63, 3.8) is 0 Å². The van der Waals surface area contributed by atoms with Gasteiger partial charge in [-0.15, -0.1) is 0 Å². The molecule has 0 bridgehead atoms. The fourth-order valence-corrected chi connectivity index (χ4v) is 4.66. The van der Waals surface area contributed by atoms with Gasteiger partial charge >= 0.3 is 5.97 Å². The molecule has 7 N–H and O–H groups in total. The maximum absolute atomic E-state index is 13.2. The van der Waals surface area contributed by atoms with Crippen LogP contribution in [0.5, 0.6) is 0 Å². The Morgan fingerprint density at radius 3 is 2.57 bits per heavy atom. The number of nitrogens with zero attached hydrogens (tertiary/aromatic N) is 3. The third kappa shape index (κ3) is 6.65. The fraction of sp³-hybridized carbons (Fsp3) is 0.346. The van der Waals surface area contributed by atoms with E-state index in [9.17, 15) is 14.7 Å². The number of carbonyl (C=O) groups excluding carboxylic acids is 1. The molecule has 1 aliphatic rings. The summed E-state index contributed by atoms with van der Waals surface area (Å²) < 4.78 is 0. The van der Waals surface area contributed by atoms with Gasteiger partial charge in [-0.25, -0.2) is 19.8 Å². The third-order valence-corrected chi connectivity index (χ3v) is 6.63. The van der Waals surface area contributed by atoms with Gasteiger partial charge in [0, 0.05) is 16.8 Å². The van der Waals surface area contributed by atoms with Crippen molar-refractivity contribution >= 4 is 46.2 Å². The Morgan fingerprint density at radius 2 is 1.86 bits per heavy atom. The quantitative estimate of drug-likeness (QED) is 0.221. The zero-order chi connectivity index (χ0) is 26.5. The Balaban J connectivity index is 1.63. The number of halogens is 1. The van der Waals surface area contributed by atoms with Crippen LogP contribution in [-0.4, -0.2) is 51.0 Å². The predicted octanol–water partition coefficient (Wildman–Crippen LogP) is 3.01. The van der Waals surface area contributed by atoms with Crippen molar-refractivity contribution in [1.82, 2.24) is 15.3 Å². The highest BCUT2D eigenvalue weighted by Gasteiger charge is 2.27. The van der Waals surface area contributed by atoms with Gasteiger partial charge in [0.1, 0.15) is 11.9 Å². The first-order chi connectivity index (χ1) is 17.7. The number of hydrogen-bond donors (Lipinski definition) is 5. The second-order valence-electron chi connectivity index (χ2n) is 9.27. The molecule has 37 heavy (non-hydrogen) atoms. The number of amides is 1. The average molecular weight is 524 g/mol. The van der Waals surface area contributed by atoms with E-state index in [2.05, 4.69) is 25.6 Å². The minimum atomic E-state index is -1.17. The number of carbonyl (C=O) groups is 2. The van der Waals surface area contributed by atoms with Crippen LogP contribution in [0.3, 0.4) is 0 Å². The zero-order valence-corrected chi connectivity index (χ0v) is 21.2.